The van der Waals surface area contributed by atoms with E-state index in [9.17, 15) is 9.59 Å². The molecule has 0 saturated carbocycles. The number of methoxy groups -OCH3 is 1. The Kier molecular flexibility index (Phi) is 6.46. The number of nitrogens with one attached hydrogen (secondary N) is 1. The summed E-state index contributed by atoms with van der Waals surface area (Å²) in [5, 5.41) is 11.4. The zero-order valence-electron chi connectivity index (χ0n) is 12.6. The minimum atomic E-state index is -1.02. The van der Waals surface area contributed by atoms with Crippen molar-refractivity contribution in [1.82, 2.24) is 0 Å². The molecule has 0 aliphatic heterocycles. The number of ether oxygens (including phenoxy) is 1. The second-order valence-electron chi connectivity index (χ2n) is 4.90. The van der Waals surface area contributed by atoms with Gasteiger partial charge in [0, 0.05) is 12.5 Å². The first kappa shape index (κ1) is 16.8. The molecule has 0 heterocycles. The average Bonchev–Trinajstić information content (AvgIpc) is 2.45. The van der Waals surface area contributed by atoms with E-state index in [0.29, 0.717) is 29.3 Å². The molecule has 2 N–H and O–H groups in total. The molecule has 0 aromatic heterocycles. The van der Waals surface area contributed by atoms with Gasteiger partial charge in [0.15, 0.2) is 0 Å². The van der Waals surface area contributed by atoms with Crippen LogP contribution in [0.25, 0.3) is 6.08 Å². The van der Waals surface area contributed by atoms with Crippen LogP contribution in [-0.2, 0) is 9.59 Å². The van der Waals surface area contributed by atoms with Crippen molar-refractivity contribution in [1.29, 1.82) is 0 Å². The van der Waals surface area contributed by atoms with Gasteiger partial charge in [0.25, 0.3) is 0 Å². The van der Waals surface area contributed by atoms with Crippen LogP contribution in [0.2, 0.25) is 0 Å². The SMILES string of the molecule is CCC(C)CC(=O)Nc1cc(/C=C/C(=O)O)ccc1OC. The molecule has 0 saturated heterocycles. The Morgan fingerprint density at radius 1 is 1.43 bits per heavy atom. The molecule has 21 heavy (non-hydrogen) atoms. The quantitative estimate of drug-likeness (QED) is 0.757. The van der Waals surface area contributed by atoms with Crippen LogP contribution < -0.4 is 10.1 Å². The number of rotatable bonds is 7. The summed E-state index contributed by atoms with van der Waals surface area (Å²) in [7, 11) is 1.52. The van der Waals surface area contributed by atoms with Gasteiger partial charge in [0.2, 0.25) is 5.91 Å². The third kappa shape index (κ3) is 5.69. The van der Waals surface area contributed by atoms with Crippen LogP contribution in [-0.4, -0.2) is 24.1 Å². The normalized spacial score (nSPS) is 12.1. The molecule has 114 valence electrons. The predicted molar refractivity (Wildman–Crippen MR) is 82.4 cm³/mol. The number of carbonyl (C=O) groups excluding carboxylic acids is 1. The highest BCUT2D eigenvalue weighted by Crippen LogP contribution is 2.26. The fourth-order valence-corrected chi connectivity index (χ4v) is 1.76. The van der Waals surface area contributed by atoms with Gasteiger partial charge in [0.1, 0.15) is 5.75 Å². The molecule has 0 aliphatic carbocycles. The van der Waals surface area contributed by atoms with Crippen molar-refractivity contribution in [2.45, 2.75) is 26.7 Å². The average molecular weight is 291 g/mol. The van der Waals surface area contributed by atoms with Gasteiger partial charge < -0.3 is 15.2 Å². The minimum Gasteiger partial charge on any atom is -0.495 e. The van der Waals surface area contributed by atoms with Crippen molar-refractivity contribution >= 4 is 23.6 Å². The summed E-state index contributed by atoms with van der Waals surface area (Å²) in [5.74, 6) is -0.249. The van der Waals surface area contributed by atoms with Crippen LogP contribution in [0.4, 0.5) is 5.69 Å². The van der Waals surface area contributed by atoms with Crippen molar-refractivity contribution < 1.29 is 19.4 Å². The highest BCUT2D eigenvalue weighted by molar-refractivity contribution is 5.93. The fraction of sp³-hybridized carbons (Fsp3) is 0.375. The molecule has 0 spiro atoms. The lowest BCUT2D eigenvalue weighted by atomic mass is 10.0. The fourth-order valence-electron chi connectivity index (χ4n) is 1.76. The van der Waals surface area contributed by atoms with E-state index in [1.807, 2.05) is 13.8 Å². The Bertz CT molecular complexity index is 537. The maximum absolute atomic E-state index is 11.9. The summed E-state index contributed by atoms with van der Waals surface area (Å²) in [6, 6.07) is 5.11. The molecule has 1 amide bonds. The first-order valence-corrected chi connectivity index (χ1v) is 6.85. The molecule has 5 heteroatoms. The molecule has 5 nitrogen and oxygen atoms in total. The largest absolute Gasteiger partial charge is 0.495 e. The lowest BCUT2D eigenvalue weighted by Crippen LogP contribution is -2.15. The number of carboxylic acids is 1. The van der Waals surface area contributed by atoms with E-state index in [4.69, 9.17) is 9.84 Å². The van der Waals surface area contributed by atoms with Gasteiger partial charge in [-0.2, -0.15) is 0 Å². The zero-order chi connectivity index (χ0) is 15.8. The van der Waals surface area contributed by atoms with Crippen molar-refractivity contribution in [2.24, 2.45) is 5.92 Å². The van der Waals surface area contributed by atoms with Crippen LogP contribution in [0, 0.1) is 5.92 Å². The smallest absolute Gasteiger partial charge is 0.328 e. The Hall–Kier alpha value is -2.30. The van der Waals surface area contributed by atoms with Crippen molar-refractivity contribution in [2.75, 3.05) is 12.4 Å². The van der Waals surface area contributed by atoms with Gasteiger partial charge in [0.05, 0.1) is 12.8 Å². The van der Waals surface area contributed by atoms with Gasteiger partial charge in [-0.25, -0.2) is 4.79 Å². The standard InChI is InChI=1S/C16H21NO4/c1-4-11(2)9-15(18)17-13-10-12(6-8-16(19)20)5-7-14(13)21-3/h5-8,10-11H,4,9H2,1-3H3,(H,17,18)(H,19,20)/b8-6+. The summed E-state index contributed by atoms with van der Waals surface area (Å²) in [6.45, 7) is 4.05. The minimum absolute atomic E-state index is 0.0815. The number of amides is 1. The van der Waals surface area contributed by atoms with Crippen LogP contribution in [0.5, 0.6) is 5.75 Å². The molecular weight excluding hydrogens is 270 g/mol. The second kappa shape index (κ2) is 8.09. The maximum atomic E-state index is 11.9. The number of carbonyl (C=O) groups is 2. The van der Waals surface area contributed by atoms with Gasteiger partial charge in [-0.3, -0.25) is 4.79 Å². The van der Waals surface area contributed by atoms with Gasteiger partial charge in [-0.15, -0.1) is 0 Å². The third-order valence-corrected chi connectivity index (χ3v) is 3.15. The number of aliphatic carboxylic acids is 1. The summed E-state index contributed by atoms with van der Waals surface area (Å²) >= 11 is 0. The van der Waals surface area contributed by atoms with E-state index in [1.165, 1.54) is 13.2 Å². The zero-order valence-corrected chi connectivity index (χ0v) is 12.6. The number of hydrogen-bond donors (Lipinski definition) is 2. The predicted octanol–water partition coefficient (Wildman–Crippen LogP) is 3.17. The topological polar surface area (TPSA) is 75.6 Å². The molecule has 0 bridgehead atoms. The van der Waals surface area contributed by atoms with Gasteiger partial charge in [-0.05, 0) is 29.7 Å². The molecule has 1 unspecified atom stereocenters. The summed E-state index contributed by atoms with van der Waals surface area (Å²) in [5.41, 5.74) is 1.22. The Labute approximate surface area is 124 Å². The number of benzene rings is 1. The van der Waals surface area contributed by atoms with Crippen LogP contribution in [0.15, 0.2) is 24.3 Å². The molecule has 1 aromatic carbocycles. The van der Waals surface area contributed by atoms with E-state index in [1.54, 1.807) is 18.2 Å². The Morgan fingerprint density at radius 2 is 2.14 bits per heavy atom. The molecule has 0 fully saturated rings. The summed E-state index contributed by atoms with van der Waals surface area (Å²) < 4.78 is 5.20. The van der Waals surface area contributed by atoms with Crippen LogP contribution >= 0.6 is 0 Å². The monoisotopic (exact) mass is 291 g/mol. The first-order valence-electron chi connectivity index (χ1n) is 6.85. The number of hydrogen-bond acceptors (Lipinski definition) is 3. The van der Waals surface area contributed by atoms with Crippen LogP contribution in [0.1, 0.15) is 32.3 Å². The van der Waals surface area contributed by atoms with E-state index in [2.05, 4.69) is 5.32 Å². The first-order chi connectivity index (χ1) is 9.96. The molecule has 0 aliphatic rings. The van der Waals surface area contributed by atoms with E-state index in [-0.39, 0.29) is 5.91 Å². The molecule has 1 rings (SSSR count). The number of carboxylic acid groups (broad SMARTS) is 1. The lowest BCUT2D eigenvalue weighted by Gasteiger charge is -2.13. The second-order valence-corrected chi connectivity index (χ2v) is 4.90. The Balaban J connectivity index is 2.90. The molecule has 1 atom stereocenters. The van der Waals surface area contributed by atoms with Crippen molar-refractivity contribution in [3.63, 3.8) is 0 Å². The van der Waals surface area contributed by atoms with Crippen molar-refractivity contribution in [3.8, 4) is 5.75 Å². The highest BCUT2D eigenvalue weighted by atomic mass is 16.5. The van der Waals surface area contributed by atoms with E-state index >= 15 is 0 Å². The Morgan fingerprint density at radius 3 is 2.71 bits per heavy atom. The summed E-state index contributed by atoms with van der Waals surface area (Å²) in [4.78, 5) is 22.5. The van der Waals surface area contributed by atoms with Crippen LogP contribution in [0.3, 0.4) is 0 Å². The maximum Gasteiger partial charge on any atom is 0.328 e. The molecule has 1 aromatic rings. The van der Waals surface area contributed by atoms with E-state index < -0.39 is 5.97 Å². The summed E-state index contributed by atoms with van der Waals surface area (Å²) in [6.07, 6.45) is 3.89. The third-order valence-electron chi connectivity index (χ3n) is 3.15. The van der Waals surface area contributed by atoms with Crippen molar-refractivity contribution in [3.05, 3.63) is 29.8 Å². The van der Waals surface area contributed by atoms with E-state index in [0.717, 1.165) is 12.5 Å². The van der Waals surface area contributed by atoms with Gasteiger partial charge in [-0.1, -0.05) is 26.3 Å². The highest BCUT2D eigenvalue weighted by Gasteiger charge is 2.11. The van der Waals surface area contributed by atoms with Gasteiger partial charge >= 0.3 is 5.97 Å². The number of anilines is 1. The molecule has 0 radical (unpaired) electrons. The lowest BCUT2D eigenvalue weighted by molar-refractivity contribution is -0.131. The molecular formula is C16H21NO4.